The van der Waals surface area contributed by atoms with Crippen molar-refractivity contribution in [3.05, 3.63) is 33.4 Å². The zero-order valence-corrected chi connectivity index (χ0v) is 9.54. The number of hydrogen-bond donors (Lipinski definition) is 0. The van der Waals surface area contributed by atoms with Crippen LogP contribution in [-0.4, -0.2) is 6.61 Å². The van der Waals surface area contributed by atoms with E-state index >= 15 is 0 Å². The predicted octanol–water partition coefficient (Wildman–Crippen LogP) is 3.39. The van der Waals surface area contributed by atoms with Gasteiger partial charge in [0, 0.05) is 10.2 Å². The molecular formula is C10H13IO. The monoisotopic (exact) mass is 276 g/mol. The van der Waals surface area contributed by atoms with Crippen LogP contribution in [-0.2, 0) is 4.74 Å². The number of halogens is 1. The van der Waals surface area contributed by atoms with E-state index in [9.17, 15) is 0 Å². The highest BCUT2D eigenvalue weighted by Crippen LogP contribution is 2.21. The molecule has 0 aliphatic rings. The molecule has 0 unspecified atom stereocenters. The van der Waals surface area contributed by atoms with Crippen LogP contribution < -0.4 is 0 Å². The summed E-state index contributed by atoms with van der Waals surface area (Å²) in [7, 11) is 0. The van der Waals surface area contributed by atoms with E-state index in [1.807, 2.05) is 19.1 Å². The normalized spacial score (nSPS) is 12.9. The second-order valence-corrected chi connectivity index (χ2v) is 3.78. The Hall–Kier alpha value is -0.0900. The summed E-state index contributed by atoms with van der Waals surface area (Å²) in [6, 6.07) is 8.31. The molecule has 0 N–H and O–H groups in total. The molecular weight excluding hydrogens is 263 g/mol. The van der Waals surface area contributed by atoms with E-state index in [0.717, 1.165) is 6.61 Å². The highest BCUT2D eigenvalue weighted by molar-refractivity contribution is 14.1. The van der Waals surface area contributed by atoms with Crippen LogP contribution in [0.25, 0.3) is 0 Å². The highest BCUT2D eigenvalue weighted by Gasteiger charge is 2.06. The maximum Gasteiger partial charge on any atom is 0.0806 e. The van der Waals surface area contributed by atoms with E-state index in [1.165, 1.54) is 9.13 Å². The van der Waals surface area contributed by atoms with E-state index in [-0.39, 0.29) is 6.10 Å². The lowest BCUT2D eigenvalue weighted by atomic mass is 10.1. The molecule has 1 rings (SSSR count). The van der Waals surface area contributed by atoms with Crippen molar-refractivity contribution < 1.29 is 4.74 Å². The summed E-state index contributed by atoms with van der Waals surface area (Å²) in [5, 5.41) is 0. The van der Waals surface area contributed by atoms with Gasteiger partial charge in [-0.25, -0.2) is 0 Å². The van der Waals surface area contributed by atoms with E-state index in [2.05, 4.69) is 41.6 Å². The first-order valence-corrected chi connectivity index (χ1v) is 5.19. The molecule has 0 amide bonds. The van der Waals surface area contributed by atoms with Crippen LogP contribution in [0.15, 0.2) is 24.3 Å². The number of ether oxygens (including phenoxy) is 1. The van der Waals surface area contributed by atoms with Gasteiger partial charge in [0.25, 0.3) is 0 Å². The summed E-state index contributed by atoms with van der Waals surface area (Å²) in [5.41, 5.74) is 1.28. The first-order valence-electron chi connectivity index (χ1n) is 4.11. The van der Waals surface area contributed by atoms with Crippen molar-refractivity contribution in [2.45, 2.75) is 20.0 Å². The molecule has 0 saturated carbocycles. The quantitative estimate of drug-likeness (QED) is 0.769. The number of hydrogen-bond acceptors (Lipinski definition) is 1. The van der Waals surface area contributed by atoms with Gasteiger partial charge < -0.3 is 4.74 Å². The third-order valence-corrected chi connectivity index (χ3v) is 2.74. The molecule has 0 aliphatic heterocycles. The van der Waals surface area contributed by atoms with Gasteiger partial charge >= 0.3 is 0 Å². The Morgan fingerprint density at radius 3 is 2.67 bits per heavy atom. The zero-order valence-electron chi connectivity index (χ0n) is 7.38. The largest absolute Gasteiger partial charge is 0.374 e. The average Bonchev–Trinajstić information content (AvgIpc) is 2.05. The van der Waals surface area contributed by atoms with Crippen LogP contribution in [0.1, 0.15) is 25.5 Å². The fraction of sp³-hybridized carbons (Fsp3) is 0.400. The number of benzene rings is 1. The van der Waals surface area contributed by atoms with Crippen LogP contribution in [0.4, 0.5) is 0 Å². The van der Waals surface area contributed by atoms with Gasteiger partial charge in [-0.1, -0.05) is 18.2 Å². The van der Waals surface area contributed by atoms with Crippen LogP contribution >= 0.6 is 22.6 Å². The molecule has 0 heterocycles. The maximum atomic E-state index is 5.50. The Bertz CT molecular complexity index is 247. The molecule has 1 aromatic rings. The molecule has 66 valence electrons. The summed E-state index contributed by atoms with van der Waals surface area (Å²) in [6.07, 6.45) is 0.211. The van der Waals surface area contributed by atoms with Crippen LogP contribution in [0, 0.1) is 3.57 Å². The average molecular weight is 276 g/mol. The van der Waals surface area contributed by atoms with Gasteiger partial charge in [0.15, 0.2) is 0 Å². The molecule has 0 saturated heterocycles. The second-order valence-electron chi connectivity index (χ2n) is 2.62. The van der Waals surface area contributed by atoms with Gasteiger partial charge in [-0.3, -0.25) is 0 Å². The molecule has 0 bridgehead atoms. The topological polar surface area (TPSA) is 9.23 Å². The Balaban J connectivity index is 2.79. The van der Waals surface area contributed by atoms with Crippen LogP contribution in [0.5, 0.6) is 0 Å². The van der Waals surface area contributed by atoms with Crippen LogP contribution in [0.2, 0.25) is 0 Å². The molecule has 1 aromatic carbocycles. The van der Waals surface area contributed by atoms with Gasteiger partial charge in [0.2, 0.25) is 0 Å². The predicted molar refractivity (Wildman–Crippen MR) is 59.2 cm³/mol. The molecule has 0 fully saturated rings. The third kappa shape index (κ3) is 2.45. The minimum absolute atomic E-state index is 0.211. The summed E-state index contributed by atoms with van der Waals surface area (Å²) in [4.78, 5) is 0. The molecule has 1 atom stereocenters. The fourth-order valence-electron chi connectivity index (χ4n) is 1.14. The van der Waals surface area contributed by atoms with Crippen molar-refractivity contribution in [3.8, 4) is 0 Å². The summed E-state index contributed by atoms with van der Waals surface area (Å²) in [5.74, 6) is 0. The van der Waals surface area contributed by atoms with Crippen LogP contribution in [0.3, 0.4) is 0 Å². The zero-order chi connectivity index (χ0) is 8.97. The Labute approximate surface area is 87.3 Å². The fourth-order valence-corrected chi connectivity index (χ4v) is 1.97. The first-order chi connectivity index (χ1) is 5.75. The van der Waals surface area contributed by atoms with Crippen molar-refractivity contribution in [2.24, 2.45) is 0 Å². The van der Waals surface area contributed by atoms with Gasteiger partial charge in [0.1, 0.15) is 0 Å². The maximum absolute atomic E-state index is 5.50. The molecule has 0 spiro atoms. The lowest BCUT2D eigenvalue weighted by molar-refractivity contribution is 0.0758. The minimum atomic E-state index is 0.211. The molecule has 0 aliphatic carbocycles. The standard InChI is InChI=1S/C10H13IO/c1-3-12-8(2)9-6-4-5-7-10(9)11/h4-8H,3H2,1-2H3/t8-/m0/s1. The second kappa shape index (κ2) is 4.82. The Kier molecular flexibility index (Phi) is 4.01. The molecule has 2 heteroatoms. The minimum Gasteiger partial charge on any atom is -0.374 e. The van der Waals surface area contributed by atoms with E-state index in [0.29, 0.717) is 0 Å². The van der Waals surface area contributed by atoms with Crippen molar-refractivity contribution in [3.63, 3.8) is 0 Å². The van der Waals surface area contributed by atoms with Gasteiger partial charge in [-0.2, -0.15) is 0 Å². The highest BCUT2D eigenvalue weighted by atomic mass is 127. The molecule has 0 radical (unpaired) electrons. The van der Waals surface area contributed by atoms with E-state index in [1.54, 1.807) is 0 Å². The van der Waals surface area contributed by atoms with E-state index < -0.39 is 0 Å². The lowest BCUT2D eigenvalue weighted by Gasteiger charge is -2.13. The Morgan fingerprint density at radius 1 is 1.42 bits per heavy atom. The summed E-state index contributed by atoms with van der Waals surface area (Å²) in [6.45, 7) is 4.87. The smallest absolute Gasteiger partial charge is 0.0806 e. The van der Waals surface area contributed by atoms with Gasteiger partial charge in [0.05, 0.1) is 6.10 Å². The number of rotatable bonds is 3. The van der Waals surface area contributed by atoms with Gasteiger partial charge in [-0.05, 0) is 48.1 Å². The SMILES string of the molecule is CCO[C@@H](C)c1ccccc1I. The first kappa shape index (κ1) is 9.99. The summed E-state index contributed by atoms with van der Waals surface area (Å²) < 4.78 is 6.78. The lowest BCUT2D eigenvalue weighted by Crippen LogP contribution is -2.01. The van der Waals surface area contributed by atoms with Crippen molar-refractivity contribution in [1.29, 1.82) is 0 Å². The van der Waals surface area contributed by atoms with Crippen molar-refractivity contribution in [2.75, 3.05) is 6.61 Å². The van der Waals surface area contributed by atoms with E-state index in [4.69, 9.17) is 4.74 Å². The van der Waals surface area contributed by atoms with Gasteiger partial charge in [-0.15, -0.1) is 0 Å². The molecule has 12 heavy (non-hydrogen) atoms. The third-order valence-electron chi connectivity index (χ3n) is 1.76. The molecule has 0 aromatic heterocycles. The van der Waals surface area contributed by atoms with Crippen molar-refractivity contribution >= 4 is 22.6 Å². The Morgan fingerprint density at radius 2 is 2.08 bits per heavy atom. The van der Waals surface area contributed by atoms with Crippen molar-refractivity contribution in [1.82, 2.24) is 0 Å². The summed E-state index contributed by atoms with van der Waals surface area (Å²) >= 11 is 2.34. The molecule has 1 nitrogen and oxygen atoms in total.